The van der Waals surface area contributed by atoms with Gasteiger partial charge in [0.05, 0.1) is 4.92 Å². The van der Waals surface area contributed by atoms with Gasteiger partial charge in [-0.05, 0) is 31.4 Å². The zero-order valence-electron chi connectivity index (χ0n) is 13.0. The molecule has 1 N–H and O–H groups in total. The van der Waals surface area contributed by atoms with Crippen LogP contribution in [0.15, 0.2) is 18.2 Å². The van der Waals surface area contributed by atoms with Gasteiger partial charge in [0.25, 0.3) is 11.6 Å². The third-order valence-electron chi connectivity index (χ3n) is 3.75. The Hall–Kier alpha value is -1.91. The van der Waals surface area contributed by atoms with Crippen LogP contribution < -0.4 is 5.32 Å². The molecular weight excluding hydrogens is 268 g/mol. The van der Waals surface area contributed by atoms with Gasteiger partial charge in [-0.3, -0.25) is 14.9 Å². The highest BCUT2D eigenvalue weighted by molar-refractivity contribution is 5.94. The predicted molar refractivity (Wildman–Crippen MR) is 83.5 cm³/mol. The number of carbonyl (C=O) groups excluding carboxylic acids is 1. The summed E-state index contributed by atoms with van der Waals surface area (Å²) in [5, 5.41) is 13.7. The Morgan fingerprint density at radius 2 is 2.10 bits per heavy atom. The van der Waals surface area contributed by atoms with Gasteiger partial charge in [-0.2, -0.15) is 0 Å². The van der Waals surface area contributed by atoms with Gasteiger partial charge in [-0.15, -0.1) is 0 Å². The molecule has 0 radical (unpaired) electrons. The quantitative estimate of drug-likeness (QED) is 0.584. The Bertz CT molecular complexity index is 500. The fourth-order valence-corrected chi connectivity index (χ4v) is 2.28. The first-order valence-corrected chi connectivity index (χ1v) is 7.52. The summed E-state index contributed by atoms with van der Waals surface area (Å²) in [7, 11) is 0. The highest BCUT2D eigenvalue weighted by Crippen LogP contribution is 2.19. The molecule has 116 valence electrons. The van der Waals surface area contributed by atoms with Crippen molar-refractivity contribution in [3.8, 4) is 0 Å². The van der Waals surface area contributed by atoms with Crippen LogP contribution in [0.2, 0.25) is 0 Å². The van der Waals surface area contributed by atoms with E-state index in [0.717, 1.165) is 19.3 Å². The van der Waals surface area contributed by atoms with E-state index in [1.165, 1.54) is 18.6 Å². The molecule has 1 aromatic rings. The number of benzene rings is 1. The zero-order valence-corrected chi connectivity index (χ0v) is 13.0. The summed E-state index contributed by atoms with van der Waals surface area (Å²) in [6.07, 6.45) is 4.49. The van der Waals surface area contributed by atoms with Gasteiger partial charge in [0.2, 0.25) is 0 Å². The van der Waals surface area contributed by atoms with E-state index in [1.54, 1.807) is 13.0 Å². The van der Waals surface area contributed by atoms with E-state index in [1.807, 2.05) is 0 Å². The van der Waals surface area contributed by atoms with Crippen molar-refractivity contribution in [2.45, 2.75) is 46.5 Å². The van der Waals surface area contributed by atoms with E-state index in [4.69, 9.17) is 0 Å². The first kappa shape index (κ1) is 17.1. The van der Waals surface area contributed by atoms with Gasteiger partial charge in [-0.25, -0.2) is 0 Å². The Labute approximate surface area is 125 Å². The molecule has 0 unspecified atom stereocenters. The molecule has 5 heteroatoms. The van der Waals surface area contributed by atoms with Gasteiger partial charge in [0.1, 0.15) is 0 Å². The number of hydrogen-bond acceptors (Lipinski definition) is 3. The Morgan fingerprint density at radius 1 is 1.38 bits per heavy atom. The molecule has 0 aliphatic heterocycles. The molecule has 0 heterocycles. The van der Waals surface area contributed by atoms with Gasteiger partial charge in [0.15, 0.2) is 0 Å². The Balaban J connectivity index is 2.63. The molecule has 0 saturated heterocycles. The maximum absolute atomic E-state index is 12.1. The fraction of sp³-hybridized carbons (Fsp3) is 0.562. The van der Waals surface area contributed by atoms with Crippen LogP contribution >= 0.6 is 0 Å². The van der Waals surface area contributed by atoms with Crippen LogP contribution in [0.5, 0.6) is 0 Å². The van der Waals surface area contributed by atoms with Crippen LogP contribution in [-0.2, 0) is 0 Å². The third kappa shape index (κ3) is 5.17. The highest BCUT2D eigenvalue weighted by atomic mass is 16.6. The molecule has 0 spiro atoms. The number of nitrogens with one attached hydrogen (secondary N) is 1. The molecule has 1 aromatic carbocycles. The molecule has 21 heavy (non-hydrogen) atoms. The predicted octanol–water partition coefficient (Wildman–Crippen LogP) is 3.85. The van der Waals surface area contributed by atoms with Crippen LogP contribution in [-0.4, -0.2) is 17.4 Å². The molecule has 0 aliphatic rings. The monoisotopic (exact) mass is 292 g/mol. The van der Waals surface area contributed by atoms with Crippen LogP contribution in [0.1, 0.15) is 55.5 Å². The Kier molecular flexibility index (Phi) is 6.85. The minimum Gasteiger partial charge on any atom is -0.352 e. The van der Waals surface area contributed by atoms with E-state index in [9.17, 15) is 14.9 Å². The molecule has 1 atom stereocenters. The topological polar surface area (TPSA) is 72.2 Å². The number of rotatable bonds is 8. The van der Waals surface area contributed by atoms with Crippen molar-refractivity contribution in [2.75, 3.05) is 6.54 Å². The van der Waals surface area contributed by atoms with Crippen molar-refractivity contribution in [1.29, 1.82) is 0 Å². The van der Waals surface area contributed by atoms with E-state index in [2.05, 4.69) is 19.2 Å². The minimum atomic E-state index is -0.436. The largest absolute Gasteiger partial charge is 0.352 e. The second kappa shape index (κ2) is 8.39. The van der Waals surface area contributed by atoms with E-state index >= 15 is 0 Å². The first-order valence-electron chi connectivity index (χ1n) is 7.52. The second-order valence-electron chi connectivity index (χ2n) is 5.38. The van der Waals surface area contributed by atoms with E-state index in [-0.39, 0.29) is 11.6 Å². The van der Waals surface area contributed by atoms with Gasteiger partial charge in [0, 0.05) is 23.7 Å². The maximum Gasteiger partial charge on any atom is 0.272 e. The minimum absolute atomic E-state index is 0.0425. The van der Waals surface area contributed by atoms with Gasteiger partial charge < -0.3 is 5.32 Å². The molecule has 5 nitrogen and oxygen atoms in total. The lowest BCUT2D eigenvalue weighted by Crippen LogP contribution is -2.29. The van der Waals surface area contributed by atoms with Crippen molar-refractivity contribution in [3.05, 3.63) is 39.4 Å². The maximum atomic E-state index is 12.1. The molecule has 0 aromatic heterocycles. The number of nitro benzene ring substituents is 1. The van der Waals surface area contributed by atoms with E-state index < -0.39 is 4.92 Å². The first-order chi connectivity index (χ1) is 9.99. The van der Waals surface area contributed by atoms with Crippen LogP contribution in [0.4, 0.5) is 5.69 Å². The van der Waals surface area contributed by atoms with Crippen molar-refractivity contribution in [1.82, 2.24) is 5.32 Å². The molecule has 0 bridgehead atoms. The SMILES string of the molecule is CCCC[C@H](CC)CNC(=O)c1ccc([N+](=O)[O-])c(C)c1. The van der Waals surface area contributed by atoms with Crippen LogP contribution in [0, 0.1) is 23.0 Å². The van der Waals surface area contributed by atoms with Gasteiger partial charge in [-0.1, -0.05) is 33.1 Å². The average molecular weight is 292 g/mol. The summed E-state index contributed by atoms with van der Waals surface area (Å²) in [6.45, 7) is 6.59. The Morgan fingerprint density at radius 3 is 2.62 bits per heavy atom. The number of nitrogens with zero attached hydrogens (tertiary/aromatic N) is 1. The number of unbranched alkanes of at least 4 members (excludes halogenated alkanes) is 1. The lowest BCUT2D eigenvalue weighted by molar-refractivity contribution is -0.385. The van der Waals surface area contributed by atoms with Crippen LogP contribution in [0.3, 0.4) is 0 Å². The molecule has 0 aliphatic carbocycles. The second-order valence-corrected chi connectivity index (χ2v) is 5.38. The number of nitro groups is 1. The smallest absolute Gasteiger partial charge is 0.272 e. The number of amides is 1. The summed E-state index contributed by atoms with van der Waals surface area (Å²) in [6, 6.07) is 4.46. The molecule has 0 fully saturated rings. The molecule has 1 rings (SSSR count). The standard InChI is InChI=1S/C16H24N2O3/c1-4-6-7-13(5-2)11-17-16(19)14-8-9-15(18(20)21)12(3)10-14/h8-10,13H,4-7,11H2,1-3H3,(H,17,19)/t13-/m0/s1. The van der Waals surface area contributed by atoms with Crippen molar-refractivity contribution in [3.63, 3.8) is 0 Å². The average Bonchev–Trinajstić information content (AvgIpc) is 2.46. The summed E-state index contributed by atoms with van der Waals surface area (Å²) >= 11 is 0. The van der Waals surface area contributed by atoms with Gasteiger partial charge >= 0.3 is 0 Å². The fourth-order valence-electron chi connectivity index (χ4n) is 2.28. The zero-order chi connectivity index (χ0) is 15.8. The summed E-state index contributed by atoms with van der Waals surface area (Å²) in [4.78, 5) is 22.4. The number of hydrogen-bond donors (Lipinski definition) is 1. The lowest BCUT2D eigenvalue weighted by atomic mass is 9.99. The van der Waals surface area contributed by atoms with Crippen molar-refractivity contribution >= 4 is 11.6 Å². The summed E-state index contributed by atoms with van der Waals surface area (Å²) < 4.78 is 0. The van der Waals surface area contributed by atoms with Crippen molar-refractivity contribution < 1.29 is 9.72 Å². The summed E-state index contributed by atoms with van der Waals surface area (Å²) in [5.41, 5.74) is 1.02. The highest BCUT2D eigenvalue weighted by Gasteiger charge is 2.14. The van der Waals surface area contributed by atoms with Crippen molar-refractivity contribution in [2.24, 2.45) is 5.92 Å². The number of carbonyl (C=O) groups is 1. The van der Waals surface area contributed by atoms with E-state index in [0.29, 0.717) is 23.6 Å². The molecular formula is C16H24N2O3. The summed E-state index contributed by atoms with van der Waals surface area (Å²) in [5.74, 6) is 0.330. The normalized spacial score (nSPS) is 12.0. The van der Waals surface area contributed by atoms with Crippen LogP contribution in [0.25, 0.3) is 0 Å². The lowest BCUT2D eigenvalue weighted by Gasteiger charge is -2.15. The molecule has 0 saturated carbocycles. The molecule has 1 amide bonds. The number of aryl methyl sites for hydroxylation is 1. The third-order valence-corrected chi connectivity index (χ3v) is 3.75.